The van der Waals surface area contributed by atoms with E-state index in [4.69, 9.17) is 4.98 Å². The summed E-state index contributed by atoms with van der Waals surface area (Å²) in [6.07, 6.45) is 5.33. The highest BCUT2D eigenvalue weighted by molar-refractivity contribution is 9.10. The van der Waals surface area contributed by atoms with E-state index in [0.29, 0.717) is 11.8 Å². The molecule has 3 heterocycles. The summed E-state index contributed by atoms with van der Waals surface area (Å²) in [5, 5.41) is 3.56. The van der Waals surface area contributed by atoms with Gasteiger partial charge in [-0.15, -0.1) is 0 Å². The van der Waals surface area contributed by atoms with Crippen LogP contribution in [0.15, 0.2) is 47.1 Å². The Labute approximate surface area is 181 Å². The number of pyridine rings is 1. The van der Waals surface area contributed by atoms with Gasteiger partial charge in [0.05, 0.1) is 5.92 Å². The van der Waals surface area contributed by atoms with E-state index in [-0.39, 0.29) is 11.3 Å². The van der Waals surface area contributed by atoms with Crippen molar-refractivity contribution in [3.63, 3.8) is 0 Å². The Morgan fingerprint density at radius 1 is 1.14 bits per heavy atom. The summed E-state index contributed by atoms with van der Waals surface area (Å²) in [6.45, 7) is 3.42. The van der Waals surface area contributed by atoms with Gasteiger partial charge in [0.15, 0.2) is 0 Å². The molecule has 5 heteroatoms. The fourth-order valence-electron chi connectivity index (χ4n) is 5.83. The molecule has 2 saturated heterocycles. The normalized spacial score (nSPS) is 27.2. The van der Waals surface area contributed by atoms with Gasteiger partial charge in [-0.2, -0.15) is 0 Å². The van der Waals surface area contributed by atoms with Crippen molar-refractivity contribution in [1.82, 2.24) is 15.2 Å². The van der Waals surface area contributed by atoms with Crippen LogP contribution in [0.2, 0.25) is 0 Å². The number of nitrogens with one attached hydrogen (secondary N) is 1. The molecule has 5 rings (SSSR count). The molecule has 1 spiro atoms. The third-order valence-corrected chi connectivity index (χ3v) is 7.79. The van der Waals surface area contributed by atoms with E-state index in [1.807, 2.05) is 6.07 Å². The monoisotopic (exact) mass is 453 g/mol. The van der Waals surface area contributed by atoms with Gasteiger partial charge in [-0.1, -0.05) is 36.4 Å². The van der Waals surface area contributed by atoms with Gasteiger partial charge in [0.1, 0.15) is 4.60 Å². The number of carbonyl (C=O) groups is 1. The summed E-state index contributed by atoms with van der Waals surface area (Å²) in [5.74, 6) is 0.947. The lowest BCUT2D eigenvalue weighted by Crippen LogP contribution is -2.49. The first-order valence-corrected chi connectivity index (χ1v) is 11.7. The van der Waals surface area contributed by atoms with E-state index in [0.717, 1.165) is 62.9 Å². The zero-order valence-corrected chi connectivity index (χ0v) is 18.3. The van der Waals surface area contributed by atoms with E-state index in [1.54, 1.807) is 0 Å². The standard InChI is InChI=1S/C24H28BrN3O/c25-22-9-8-19-21(27-22)7-4-12-24(19)16-26-15-20(24)23(29)28-13-10-18(11-14-28)17-5-2-1-3-6-17/h1-3,5-6,8-9,18,20,26H,4,7,10-16H2/t20-,24-/m0/s1. The number of likely N-dealkylation sites (tertiary alicyclic amines) is 1. The maximum absolute atomic E-state index is 13.6. The number of hydrogen-bond donors (Lipinski definition) is 1. The summed E-state index contributed by atoms with van der Waals surface area (Å²) in [6, 6.07) is 15.0. The Balaban J connectivity index is 1.35. The molecule has 2 aromatic rings. The number of halogens is 1. The highest BCUT2D eigenvalue weighted by Gasteiger charge is 2.51. The minimum atomic E-state index is -0.0886. The van der Waals surface area contributed by atoms with E-state index in [9.17, 15) is 4.79 Å². The number of aryl methyl sites for hydroxylation is 1. The number of fused-ring (bicyclic) bond motifs is 2. The highest BCUT2D eigenvalue weighted by Crippen LogP contribution is 2.46. The van der Waals surface area contributed by atoms with Gasteiger partial charge < -0.3 is 10.2 Å². The molecule has 0 saturated carbocycles. The van der Waals surface area contributed by atoms with Crippen LogP contribution < -0.4 is 5.32 Å². The zero-order chi connectivity index (χ0) is 19.8. The minimum Gasteiger partial charge on any atom is -0.342 e. The molecule has 2 fully saturated rings. The van der Waals surface area contributed by atoms with Crippen molar-refractivity contribution in [2.75, 3.05) is 26.2 Å². The Kier molecular flexibility index (Phi) is 5.21. The molecule has 1 N–H and O–H groups in total. The second-order valence-electron chi connectivity index (χ2n) is 8.83. The quantitative estimate of drug-likeness (QED) is 0.697. The van der Waals surface area contributed by atoms with Crippen LogP contribution in [-0.2, 0) is 16.6 Å². The molecule has 1 amide bonds. The lowest BCUT2D eigenvalue weighted by atomic mass is 9.65. The maximum Gasteiger partial charge on any atom is 0.227 e. The van der Waals surface area contributed by atoms with E-state index >= 15 is 0 Å². The van der Waals surface area contributed by atoms with Crippen molar-refractivity contribution in [3.05, 3.63) is 63.9 Å². The predicted octanol–water partition coefficient (Wildman–Crippen LogP) is 4.04. The molecule has 1 aliphatic carbocycles. The van der Waals surface area contributed by atoms with Gasteiger partial charge in [-0.05, 0) is 71.1 Å². The second-order valence-corrected chi connectivity index (χ2v) is 9.64. The molecule has 0 unspecified atom stereocenters. The fourth-order valence-corrected chi connectivity index (χ4v) is 6.18. The summed E-state index contributed by atoms with van der Waals surface area (Å²) >= 11 is 3.52. The van der Waals surface area contributed by atoms with Crippen LogP contribution in [0.1, 0.15) is 48.4 Å². The molecule has 2 aliphatic heterocycles. The molecule has 3 aliphatic rings. The average Bonchev–Trinajstić information content (AvgIpc) is 3.18. The lowest BCUT2D eigenvalue weighted by molar-refractivity contribution is -0.138. The molecule has 29 heavy (non-hydrogen) atoms. The number of benzene rings is 1. The van der Waals surface area contributed by atoms with Crippen LogP contribution in [0.5, 0.6) is 0 Å². The van der Waals surface area contributed by atoms with Crippen LogP contribution >= 0.6 is 15.9 Å². The van der Waals surface area contributed by atoms with Crippen LogP contribution in [-0.4, -0.2) is 42.0 Å². The molecule has 1 aromatic carbocycles. The van der Waals surface area contributed by atoms with Crippen LogP contribution in [0, 0.1) is 5.92 Å². The predicted molar refractivity (Wildman–Crippen MR) is 118 cm³/mol. The Morgan fingerprint density at radius 3 is 2.72 bits per heavy atom. The smallest absolute Gasteiger partial charge is 0.227 e. The minimum absolute atomic E-state index is 0.0257. The fraction of sp³-hybridized carbons (Fsp3) is 0.500. The van der Waals surface area contributed by atoms with Gasteiger partial charge in [0, 0.05) is 37.3 Å². The molecular weight excluding hydrogens is 426 g/mol. The Hall–Kier alpha value is -1.72. The summed E-state index contributed by atoms with van der Waals surface area (Å²) in [5.41, 5.74) is 3.80. The van der Waals surface area contributed by atoms with Gasteiger partial charge in [0.2, 0.25) is 5.91 Å². The van der Waals surface area contributed by atoms with Crippen LogP contribution in [0.25, 0.3) is 0 Å². The number of hydrogen-bond acceptors (Lipinski definition) is 3. The maximum atomic E-state index is 13.6. The number of carbonyl (C=O) groups excluding carboxylic acids is 1. The molecule has 0 radical (unpaired) electrons. The van der Waals surface area contributed by atoms with Gasteiger partial charge in [-0.3, -0.25) is 4.79 Å². The first kappa shape index (κ1) is 19.3. The van der Waals surface area contributed by atoms with Crippen molar-refractivity contribution in [2.45, 2.75) is 43.4 Å². The van der Waals surface area contributed by atoms with E-state index in [2.05, 4.69) is 62.5 Å². The molecule has 2 atom stereocenters. The largest absolute Gasteiger partial charge is 0.342 e. The van der Waals surface area contributed by atoms with Crippen molar-refractivity contribution in [3.8, 4) is 0 Å². The number of piperidine rings is 1. The second kappa shape index (κ2) is 7.84. The highest BCUT2D eigenvalue weighted by atomic mass is 79.9. The summed E-state index contributed by atoms with van der Waals surface area (Å²) in [7, 11) is 0. The Bertz CT molecular complexity index is 894. The molecular formula is C24H28BrN3O. The summed E-state index contributed by atoms with van der Waals surface area (Å²) < 4.78 is 0.894. The first-order valence-electron chi connectivity index (χ1n) is 10.9. The third-order valence-electron chi connectivity index (χ3n) is 7.34. The lowest BCUT2D eigenvalue weighted by Gasteiger charge is -2.42. The number of rotatable bonds is 2. The SMILES string of the molecule is O=C([C@@H]1CNC[C@]12CCCc1nc(Br)ccc12)N1CCC(c2ccccc2)CC1. The van der Waals surface area contributed by atoms with Gasteiger partial charge in [0.25, 0.3) is 0 Å². The average molecular weight is 454 g/mol. The number of nitrogens with zero attached hydrogens (tertiary/aromatic N) is 2. The molecule has 0 bridgehead atoms. The van der Waals surface area contributed by atoms with E-state index in [1.165, 1.54) is 16.8 Å². The van der Waals surface area contributed by atoms with Crippen molar-refractivity contribution >= 4 is 21.8 Å². The van der Waals surface area contributed by atoms with Crippen LogP contribution in [0.4, 0.5) is 0 Å². The third kappa shape index (κ3) is 3.42. The van der Waals surface area contributed by atoms with Crippen molar-refractivity contribution < 1.29 is 4.79 Å². The number of aromatic nitrogens is 1. The van der Waals surface area contributed by atoms with Crippen molar-refractivity contribution in [2.24, 2.45) is 5.92 Å². The zero-order valence-electron chi connectivity index (χ0n) is 16.7. The number of amides is 1. The van der Waals surface area contributed by atoms with Crippen molar-refractivity contribution in [1.29, 1.82) is 0 Å². The summed E-state index contributed by atoms with van der Waals surface area (Å²) in [4.78, 5) is 20.5. The van der Waals surface area contributed by atoms with Gasteiger partial charge in [-0.25, -0.2) is 4.98 Å². The topological polar surface area (TPSA) is 45.2 Å². The van der Waals surface area contributed by atoms with Gasteiger partial charge >= 0.3 is 0 Å². The van der Waals surface area contributed by atoms with Crippen LogP contribution in [0.3, 0.4) is 0 Å². The molecule has 152 valence electrons. The first-order chi connectivity index (χ1) is 14.2. The Morgan fingerprint density at radius 2 is 1.93 bits per heavy atom. The molecule has 1 aromatic heterocycles. The molecule has 4 nitrogen and oxygen atoms in total. The van der Waals surface area contributed by atoms with E-state index < -0.39 is 0 Å².